The number of ether oxygens (including phenoxy) is 1. The summed E-state index contributed by atoms with van der Waals surface area (Å²) >= 11 is 17.7. The van der Waals surface area contributed by atoms with Gasteiger partial charge in [0.25, 0.3) is 0 Å². The largest absolute Gasteiger partial charge is 0.446 e. The molecule has 0 fully saturated rings. The first kappa shape index (κ1) is 20.1. The van der Waals surface area contributed by atoms with Crippen LogP contribution in [0.3, 0.4) is 0 Å². The van der Waals surface area contributed by atoms with Gasteiger partial charge in [0.1, 0.15) is 0 Å². The Kier molecular flexibility index (Phi) is 7.81. The maximum Gasteiger partial charge on any atom is 0.331 e. The van der Waals surface area contributed by atoms with E-state index in [4.69, 9.17) is 39.5 Å². The molecule has 132 valence electrons. The van der Waals surface area contributed by atoms with Gasteiger partial charge in [0.05, 0.1) is 0 Å². The van der Waals surface area contributed by atoms with Gasteiger partial charge >= 0.3 is 5.97 Å². The quantitative estimate of drug-likeness (QED) is 0.262. The van der Waals surface area contributed by atoms with E-state index >= 15 is 0 Å². The number of halogens is 3. The molecule has 0 spiro atoms. The Bertz CT molecular complexity index is 888. The molecule has 0 bridgehead atoms. The summed E-state index contributed by atoms with van der Waals surface area (Å²) in [7, 11) is 0. The molecule has 0 heterocycles. The summed E-state index contributed by atoms with van der Waals surface area (Å²) in [6.45, 7) is 1.71. The van der Waals surface area contributed by atoms with Crippen molar-refractivity contribution in [2.45, 2.75) is 13.0 Å². The molecule has 1 unspecified atom stereocenters. The van der Waals surface area contributed by atoms with E-state index in [1.54, 1.807) is 67.6 Å². The zero-order chi connectivity index (χ0) is 18.9. The molecule has 0 aliphatic heterocycles. The molecular formula is C21H15Cl3O2. The van der Waals surface area contributed by atoms with Crippen LogP contribution in [-0.4, -0.2) is 12.1 Å². The lowest BCUT2D eigenvalue weighted by molar-refractivity contribution is -0.139. The van der Waals surface area contributed by atoms with Crippen LogP contribution in [0.2, 0.25) is 15.1 Å². The Morgan fingerprint density at radius 2 is 1.73 bits per heavy atom. The Balaban J connectivity index is 1.86. The highest BCUT2D eigenvalue weighted by molar-refractivity contribution is 6.35. The molecule has 0 aromatic heterocycles. The molecule has 0 saturated heterocycles. The molecule has 1 atom stereocenters. The van der Waals surface area contributed by atoms with Crippen LogP contribution in [-0.2, 0) is 9.53 Å². The highest BCUT2D eigenvalue weighted by Gasteiger charge is 2.02. The van der Waals surface area contributed by atoms with Gasteiger partial charge in [-0.3, -0.25) is 0 Å². The van der Waals surface area contributed by atoms with Gasteiger partial charge in [-0.15, -0.1) is 0 Å². The fraction of sp³-hybridized carbons (Fsp3) is 0.0952. The van der Waals surface area contributed by atoms with Crippen molar-refractivity contribution in [2.24, 2.45) is 0 Å². The Hall–Kier alpha value is -2.18. The minimum atomic E-state index is -0.530. The Labute approximate surface area is 168 Å². The van der Waals surface area contributed by atoms with E-state index in [1.807, 2.05) is 0 Å². The predicted molar refractivity (Wildman–Crippen MR) is 109 cm³/mol. The molecule has 0 aliphatic carbocycles. The standard InChI is InChI=1S/C21H15Cl3O2/c1-15(6-7-16-8-11-18(22)12-9-16)26-21(25)5-3-2-4-17-10-13-19(23)14-20(17)24/h2-5,8-15H,1H3. The number of benzene rings is 2. The van der Waals surface area contributed by atoms with Gasteiger partial charge < -0.3 is 4.74 Å². The average Bonchev–Trinajstić information content (AvgIpc) is 2.59. The lowest BCUT2D eigenvalue weighted by atomic mass is 10.2. The van der Waals surface area contributed by atoms with E-state index in [-0.39, 0.29) is 0 Å². The summed E-state index contributed by atoms with van der Waals surface area (Å²) in [4.78, 5) is 11.8. The minimum absolute atomic E-state index is 0.477. The molecule has 0 amide bonds. The summed E-state index contributed by atoms with van der Waals surface area (Å²) in [5.74, 6) is 5.31. The van der Waals surface area contributed by atoms with Crippen LogP contribution in [0, 0.1) is 11.8 Å². The van der Waals surface area contributed by atoms with Crippen LogP contribution in [0.25, 0.3) is 6.08 Å². The van der Waals surface area contributed by atoms with Crippen molar-refractivity contribution >= 4 is 46.8 Å². The van der Waals surface area contributed by atoms with E-state index < -0.39 is 12.1 Å². The number of hydrogen-bond donors (Lipinski definition) is 0. The van der Waals surface area contributed by atoms with Gasteiger partial charge in [-0.25, -0.2) is 4.79 Å². The number of allylic oxidation sites excluding steroid dienone is 2. The van der Waals surface area contributed by atoms with Crippen molar-refractivity contribution in [2.75, 3.05) is 0 Å². The second-order valence-electron chi connectivity index (χ2n) is 5.24. The van der Waals surface area contributed by atoms with Crippen LogP contribution in [0.4, 0.5) is 0 Å². The van der Waals surface area contributed by atoms with Gasteiger partial charge in [0, 0.05) is 26.7 Å². The lowest BCUT2D eigenvalue weighted by Gasteiger charge is -2.03. The molecule has 2 aromatic carbocycles. The van der Waals surface area contributed by atoms with Gasteiger partial charge in [-0.2, -0.15) is 0 Å². The SMILES string of the molecule is CC(C#Cc1ccc(Cl)cc1)OC(=O)C=CC=Cc1ccc(Cl)cc1Cl. The van der Waals surface area contributed by atoms with Crippen molar-refractivity contribution in [3.05, 3.63) is 86.9 Å². The average molecular weight is 406 g/mol. The minimum Gasteiger partial charge on any atom is -0.446 e. The maximum atomic E-state index is 11.8. The van der Waals surface area contributed by atoms with Gasteiger partial charge in [-0.1, -0.05) is 70.9 Å². The fourth-order valence-corrected chi connectivity index (χ4v) is 2.49. The van der Waals surface area contributed by atoms with E-state index in [0.29, 0.717) is 15.1 Å². The third-order valence-corrected chi connectivity index (χ3v) is 3.95. The second-order valence-corrected chi connectivity index (χ2v) is 6.52. The van der Waals surface area contributed by atoms with Crippen LogP contribution in [0.5, 0.6) is 0 Å². The van der Waals surface area contributed by atoms with E-state index in [1.165, 1.54) is 6.08 Å². The van der Waals surface area contributed by atoms with E-state index in [9.17, 15) is 4.79 Å². The first-order valence-corrected chi connectivity index (χ1v) is 8.85. The highest BCUT2D eigenvalue weighted by Crippen LogP contribution is 2.21. The number of rotatable bonds is 4. The summed E-state index contributed by atoms with van der Waals surface area (Å²) in [5.41, 5.74) is 1.60. The number of esters is 1. The van der Waals surface area contributed by atoms with Crippen LogP contribution in [0.15, 0.2) is 60.7 Å². The molecular weight excluding hydrogens is 391 g/mol. The summed E-state index contributed by atoms with van der Waals surface area (Å²) < 4.78 is 5.18. The van der Waals surface area contributed by atoms with Crippen LogP contribution < -0.4 is 0 Å². The molecule has 0 radical (unpaired) electrons. The zero-order valence-electron chi connectivity index (χ0n) is 13.9. The summed E-state index contributed by atoms with van der Waals surface area (Å²) in [5, 5.41) is 1.75. The van der Waals surface area contributed by atoms with Gasteiger partial charge in [0.15, 0.2) is 6.10 Å². The molecule has 5 heteroatoms. The van der Waals surface area contributed by atoms with Gasteiger partial charge in [0.2, 0.25) is 0 Å². The van der Waals surface area contributed by atoms with Gasteiger partial charge in [-0.05, 0) is 48.9 Å². The first-order valence-electron chi connectivity index (χ1n) is 7.71. The molecule has 26 heavy (non-hydrogen) atoms. The van der Waals surface area contributed by atoms with Crippen molar-refractivity contribution in [1.29, 1.82) is 0 Å². The number of carbonyl (C=O) groups excluding carboxylic acids is 1. The third kappa shape index (κ3) is 6.98. The van der Waals surface area contributed by atoms with Crippen molar-refractivity contribution in [1.82, 2.24) is 0 Å². The van der Waals surface area contributed by atoms with Crippen molar-refractivity contribution < 1.29 is 9.53 Å². The predicted octanol–water partition coefficient (Wildman–Crippen LogP) is 6.20. The molecule has 2 rings (SSSR count). The molecule has 2 aromatic rings. The normalized spacial score (nSPS) is 12.0. The zero-order valence-corrected chi connectivity index (χ0v) is 16.1. The Morgan fingerprint density at radius 3 is 2.42 bits per heavy atom. The number of carbonyl (C=O) groups is 1. The number of hydrogen-bond acceptors (Lipinski definition) is 2. The molecule has 2 nitrogen and oxygen atoms in total. The highest BCUT2D eigenvalue weighted by atomic mass is 35.5. The summed E-state index contributed by atoms with van der Waals surface area (Å²) in [6.07, 6.45) is 5.83. The lowest BCUT2D eigenvalue weighted by Crippen LogP contribution is -2.10. The second kappa shape index (κ2) is 10.1. The smallest absolute Gasteiger partial charge is 0.331 e. The van der Waals surface area contributed by atoms with Crippen molar-refractivity contribution in [3.63, 3.8) is 0 Å². The molecule has 0 saturated carbocycles. The third-order valence-electron chi connectivity index (χ3n) is 3.14. The molecule has 0 aliphatic rings. The molecule has 0 N–H and O–H groups in total. The topological polar surface area (TPSA) is 26.3 Å². The van der Waals surface area contributed by atoms with Crippen LogP contribution in [0.1, 0.15) is 18.1 Å². The fourth-order valence-electron chi connectivity index (χ4n) is 1.89. The Morgan fingerprint density at radius 1 is 1.04 bits per heavy atom. The maximum absolute atomic E-state index is 11.8. The van der Waals surface area contributed by atoms with E-state index in [0.717, 1.165) is 11.1 Å². The monoisotopic (exact) mass is 404 g/mol. The summed E-state index contributed by atoms with van der Waals surface area (Å²) in [6, 6.07) is 12.3. The van der Waals surface area contributed by atoms with Crippen molar-refractivity contribution in [3.8, 4) is 11.8 Å². The van der Waals surface area contributed by atoms with E-state index in [2.05, 4.69) is 11.8 Å². The first-order chi connectivity index (χ1) is 12.4. The van der Waals surface area contributed by atoms with Crippen LogP contribution >= 0.6 is 34.8 Å².